The van der Waals surface area contributed by atoms with E-state index in [0.29, 0.717) is 30.9 Å². The van der Waals surface area contributed by atoms with Crippen molar-refractivity contribution in [2.75, 3.05) is 7.11 Å². The minimum Gasteiger partial charge on any atom is -0.497 e. The van der Waals surface area contributed by atoms with Gasteiger partial charge in [-0.15, -0.1) is 0 Å². The van der Waals surface area contributed by atoms with Gasteiger partial charge >= 0.3 is 17.2 Å². The Bertz CT molecular complexity index is 2100. The van der Waals surface area contributed by atoms with Crippen molar-refractivity contribution in [3.63, 3.8) is 0 Å². The molecule has 5 rings (SSSR count). The second kappa shape index (κ2) is 19.5. The third-order valence-corrected chi connectivity index (χ3v) is 9.48. The van der Waals surface area contributed by atoms with Crippen molar-refractivity contribution in [3.05, 3.63) is 155 Å². The number of hydrogen-bond acceptors (Lipinski definition) is 12. The Kier molecular flexibility index (Phi) is 14.0. The lowest BCUT2D eigenvalue weighted by atomic mass is 10.0. The lowest BCUT2D eigenvalue weighted by molar-refractivity contribution is -0.107. The van der Waals surface area contributed by atoms with Gasteiger partial charge in [-0.25, -0.2) is 0 Å². The summed E-state index contributed by atoms with van der Waals surface area (Å²) in [5.74, 6) is 0.473. The highest BCUT2D eigenvalue weighted by Crippen LogP contribution is 2.48. The molecule has 5 aromatic carbocycles. The van der Waals surface area contributed by atoms with Gasteiger partial charge in [-0.05, 0) is 73.7 Å². The molecule has 274 valence electrons. The number of ether oxygens (including phenoxy) is 1. The molecule has 0 aliphatic carbocycles. The number of para-hydroxylation sites is 4. The first kappa shape index (κ1) is 38.9. The van der Waals surface area contributed by atoms with Crippen LogP contribution in [-0.4, -0.2) is 38.0 Å². The summed E-state index contributed by atoms with van der Waals surface area (Å²) in [6, 6.07) is 30.1. The van der Waals surface area contributed by atoms with Crippen molar-refractivity contribution < 1.29 is 55.9 Å². The maximum Gasteiger partial charge on any atom is 0.530 e. The molecule has 0 N–H and O–H groups in total. The predicted molar refractivity (Wildman–Crippen MR) is 201 cm³/mol. The smallest absolute Gasteiger partial charge is 0.497 e. The molecule has 0 fully saturated rings. The zero-order valence-electron chi connectivity index (χ0n) is 28.9. The fourth-order valence-electron chi connectivity index (χ4n) is 4.65. The van der Waals surface area contributed by atoms with Crippen LogP contribution in [-0.2, 0) is 9.32 Å². The highest BCUT2D eigenvalue weighted by molar-refractivity contribution is 7.43. The molecule has 0 spiro atoms. The topological polar surface area (TPSA) is 150 Å². The molecule has 5 aromatic rings. The Hall–Kier alpha value is -6.35. The average molecular weight is 767 g/mol. The van der Waals surface area contributed by atoms with Gasteiger partial charge in [0.1, 0.15) is 46.5 Å². The largest absolute Gasteiger partial charge is 0.530 e. The minimum absolute atomic E-state index is 0.0139. The van der Waals surface area contributed by atoms with Crippen LogP contribution in [0.3, 0.4) is 0 Å². The number of ketones is 1. The SMILES string of the molecule is C/C=C(\CC=O)OP(Oc1ccccc1C=O)Oc1cc(OC)ccc1C(=O)c1ccccc1OP(Oc1ccccc1C=O)Oc1ccccc1C=O. The molecule has 1 atom stereocenters. The molecule has 1 unspecified atom stereocenters. The molecule has 0 saturated heterocycles. The molecule has 0 saturated carbocycles. The summed E-state index contributed by atoms with van der Waals surface area (Å²) in [4.78, 5) is 61.2. The summed E-state index contributed by atoms with van der Waals surface area (Å²) in [5.41, 5.74) is 0.756. The van der Waals surface area contributed by atoms with Crippen LogP contribution in [0.15, 0.2) is 127 Å². The first-order valence-corrected chi connectivity index (χ1v) is 18.3. The van der Waals surface area contributed by atoms with E-state index >= 15 is 0 Å². The fraction of sp³-hybridized carbons (Fsp3) is 0.0750. The molecular formula is C40H32O12P2. The van der Waals surface area contributed by atoms with Crippen LogP contribution in [0.2, 0.25) is 0 Å². The first-order chi connectivity index (χ1) is 26.4. The summed E-state index contributed by atoms with van der Waals surface area (Å²) in [6.07, 6.45) is 3.97. The molecule has 0 heterocycles. The van der Waals surface area contributed by atoms with Gasteiger partial charge in [0.05, 0.1) is 41.3 Å². The number of carbonyl (C=O) groups is 5. The van der Waals surface area contributed by atoms with Crippen molar-refractivity contribution in [3.8, 4) is 34.5 Å². The van der Waals surface area contributed by atoms with Gasteiger partial charge in [-0.1, -0.05) is 48.5 Å². The van der Waals surface area contributed by atoms with Crippen molar-refractivity contribution in [2.24, 2.45) is 0 Å². The summed E-state index contributed by atoms with van der Waals surface area (Å²) >= 11 is 0. The van der Waals surface area contributed by atoms with E-state index in [9.17, 15) is 24.0 Å². The van der Waals surface area contributed by atoms with Crippen LogP contribution in [0.1, 0.15) is 60.3 Å². The number of hydrogen-bond donors (Lipinski definition) is 0. The van der Waals surface area contributed by atoms with Crippen LogP contribution in [0.5, 0.6) is 34.5 Å². The monoisotopic (exact) mass is 766 g/mol. The van der Waals surface area contributed by atoms with E-state index in [1.807, 2.05) is 0 Å². The Morgan fingerprint density at radius 3 is 1.50 bits per heavy atom. The van der Waals surface area contributed by atoms with E-state index in [0.717, 1.165) is 0 Å². The van der Waals surface area contributed by atoms with E-state index in [1.54, 1.807) is 104 Å². The highest BCUT2D eigenvalue weighted by atomic mass is 31.2. The van der Waals surface area contributed by atoms with E-state index in [1.165, 1.54) is 31.4 Å². The molecule has 0 aliphatic rings. The van der Waals surface area contributed by atoms with Crippen molar-refractivity contribution in [1.29, 1.82) is 0 Å². The molecule has 0 aromatic heterocycles. The van der Waals surface area contributed by atoms with Gasteiger partial charge in [0, 0.05) is 6.07 Å². The molecule has 14 heteroatoms. The van der Waals surface area contributed by atoms with Crippen LogP contribution in [0.25, 0.3) is 0 Å². The van der Waals surface area contributed by atoms with Crippen molar-refractivity contribution in [2.45, 2.75) is 13.3 Å². The third kappa shape index (κ3) is 9.95. The molecular weight excluding hydrogens is 734 g/mol. The van der Waals surface area contributed by atoms with Crippen molar-refractivity contribution in [1.82, 2.24) is 0 Å². The zero-order chi connectivity index (χ0) is 38.3. The van der Waals surface area contributed by atoms with Crippen LogP contribution < -0.4 is 27.4 Å². The van der Waals surface area contributed by atoms with Crippen LogP contribution in [0.4, 0.5) is 0 Å². The Balaban J connectivity index is 1.53. The van der Waals surface area contributed by atoms with Gasteiger partial charge in [0.15, 0.2) is 18.9 Å². The summed E-state index contributed by atoms with van der Waals surface area (Å²) in [5, 5.41) is 0. The Labute approximate surface area is 313 Å². The summed E-state index contributed by atoms with van der Waals surface area (Å²) in [6.45, 7) is 1.67. The normalized spacial score (nSPS) is 11.4. The first-order valence-electron chi connectivity index (χ1n) is 16.1. The second-order valence-electron chi connectivity index (χ2n) is 10.8. The number of carbonyl (C=O) groups excluding carboxylic acids is 5. The summed E-state index contributed by atoms with van der Waals surface area (Å²) < 4.78 is 42.0. The van der Waals surface area contributed by atoms with Gasteiger partial charge < -0.3 is 36.7 Å². The van der Waals surface area contributed by atoms with Gasteiger partial charge in [-0.3, -0.25) is 19.2 Å². The zero-order valence-corrected chi connectivity index (χ0v) is 30.6. The third-order valence-electron chi connectivity index (χ3n) is 7.37. The quantitative estimate of drug-likeness (QED) is 0.0321. The number of benzene rings is 5. The molecule has 0 aliphatic heterocycles. The Morgan fingerprint density at radius 1 is 0.556 bits per heavy atom. The molecule has 54 heavy (non-hydrogen) atoms. The van der Waals surface area contributed by atoms with Crippen LogP contribution >= 0.6 is 17.2 Å². The van der Waals surface area contributed by atoms with E-state index in [2.05, 4.69) is 0 Å². The fourth-order valence-corrected chi connectivity index (χ4v) is 6.86. The van der Waals surface area contributed by atoms with Gasteiger partial charge in [0.2, 0.25) is 5.78 Å². The number of aldehydes is 4. The van der Waals surface area contributed by atoms with Gasteiger partial charge in [-0.2, -0.15) is 0 Å². The maximum absolute atomic E-state index is 14.5. The van der Waals surface area contributed by atoms with Crippen LogP contribution in [0, 0.1) is 0 Å². The number of rotatable bonds is 20. The van der Waals surface area contributed by atoms with Crippen molar-refractivity contribution >= 4 is 48.1 Å². The van der Waals surface area contributed by atoms with E-state index < -0.39 is 23.0 Å². The molecule has 12 nitrogen and oxygen atoms in total. The number of allylic oxidation sites excluding steroid dienone is 2. The number of methoxy groups -OCH3 is 1. The van der Waals surface area contributed by atoms with E-state index in [4.69, 9.17) is 31.9 Å². The molecule has 0 radical (unpaired) electrons. The molecule has 0 bridgehead atoms. The lowest BCUT2D eigenvalue weighted by Crippen LogP contribution is -2.10. The maximum atomic E-state index is 14.5. The second-order valence-corrected chi connectivity index (χ2v) is 12.8. The standard InChI is InChI=1S/C40H32O12P2/c1-3-31(22-23-41)47-53(48-35-16-8-4-12-28(35)25-42)52-39-24-32(46-2)20-21-34(39)40(45)33-15-7-11-19-38(33)51-54(49-36-17-9-5-13-29(36)26-43)50-37-18-10-6-14-30(37)27-44/h3-21,23-27H,22H2,1-2H3/b31-3+. The summed E-state index contributed by atoms with van der Waals surface area (Å²) in [7, 11) is -3.43. The predicted octanol–water partition coefficient (Wildman–Crippen LogP) is 9.32. The molecule has 0 amide bonds. The van der Waals surface area contributed by atoms with E-state index in [-0.39, 0.29) is 68.7 Å². The minimum atomic E-state index is -2.44. The Morgan fingerprint density at radius 2 is 1.00 bits per heavy atom. The highest BCUT2D eigenvalue weighted by Gasteiger charge is 2.29. The lowest BCUT2D eigenvalue weighted by Gasteiger charge is -2.22. The average Bonchev–Trinajstić information content (AvgIpc) is 3.21. The van der Waals surface area contributed by atoms with Gasteiger partial charge in [0.25, 0.3) is 0 Å².